The van der Waals surface area contributed by atoms with E-state index >= 15 is 0 Å². The van der Waals surface area contributed by atoms with Crippen LogP contribution in [0.1, 0.15) is 17.5 Å². The maximum absolute atomic E-state index is 12.7. The molecule has 0 saturated heterocycles. The summed E-state index contributed by atoms with van der Waals surface area (Å²) < 4.78 is 26.4. The van der Waals surface area contributed by atoms with Gasteiger partial charge in [-0.15, -0.1) is 11.3 Å². The van der Waals surface area contributed by atoms with Gasteiger partial charge in [-0.2, -0.15) is 4.31 Å². The van der Waals surface area contributed by atoms with Crippen LogP contribution < -0.4 is 10.6 Å². The van der Waals surface area contributed by atoms with Crippen molar-refractivity contribution in [1.29, 1.82) is 0 Å². The second-order valence-corrected chi connectivity index (χ2v) is 10.6. The van der Waals surface area contributed by atoms with Crippen LogP contribution in [0.15, 0.2) is 58.8 Å². The van der Waals surface area contributed by atoms with E-state index in [1.165, 1.54) is 38.2 Å². The summed E-state index contributed by atoms with van der Waals surface area (Å²) in [5.74, 6) is -0.629. The molecule has 3 aromatic rings. The highest BCUT2D eigenvalue weighted by molar-refractivity contribution is 7.89. The van der Waals surface area contributed by atoms with Crippen LogP contribution in [0.4, 0.5) is 5.69 Å². The molecule has 2 aromatic carbocycles. The molecule has 33 heavy (non-hydrogen) atoms. The third-order valence-corrected chi connectivity index (χ3v) is 7.44. The number of hydrogen-bond donors (Lipinski definition) is 2. The van der Waals surface area contributed by atoms with Crippen LogP contribution >= 0.6 is 11.3 Å². The van der Waals surface area contributed by atoms with Crippen molar-refractivity contribution >= 4 is 38.9 Å². The fraction of sp³-hybridized carbons (Fsp3) is 0.261. The van der Waals surface area contributed by atoms with Crippen molar-refractivity contribution in [3.05, 3.63) is 64.5 Å². The molecule has 0 bridgehead atoms. The van der Waals surface area contributed by atoms with Gasteiger partial charge in [0.05, 0.1) is 22.1 Å². The van der Waals surface area contributed by atoms with Crippen LogP contribution in [0.3, 0.4) is 0 Å². The number of anilines is 1. The van der Waals surface area contributed by atoms with Gasteiger partial charge in [0.1, 0.15) is 0 Å². The molecule has 0 atom stereocenters. The van der Waals surface area contributed by atoms with E-state index in [9.17, 15) is 18.0 Å². The van der Waals surface area contributed by atoms with Crippen molar-refractivity contribution in [2.45, 2.75) is 25.2 Å². The standard InChI is InChI=1S/C23H26N4O4S2/c1-16(28)25-20-8-10-21(11-9-20)33(30,31)27(3)14-23(29)24-13-12-18-4-6-19(7-5-18)22-15-32-17(2)26-22/h4-11,15H,12-14H2,1-3H3,(H,24,29)(H,25,28). The Hall–Kier alpha value is -3.08. The van der Waals surface area contributed by atoms with E-state index < -0.39 is 10.0 Å². The fourth-order valence-corrected chi connectivity index (χ4v) is 4.87. The van der Waals surface area contributed by atoms with Gasteiger partial charge in [-0.25, -0.2) is 13.4 Å². The number of amides is 2. The lowest BCUT2D eigenvalue weighted by molar-refractivity contribution is -0.121. The molecule has 1 heterocycles. The summed E-state index contributed by atoms with van der Waals surface area (Å²) in [5.41, 5.74) is 3.55. The molecule has 0 radical (unpaired) electrons. The first-order chi connectivity index (χ1) is 15.6. The third kappa shape index (κ3) is 6.70. The number of aromatic nitrogens is 1. The number of likely N-dealkylation sites (N-methyl/N-ethyl adjacent to an activating group) is 1. The van der Waals surface area contributed by atoms with Gasteiger partial charge < -0.3 is 10.6 Å². The van der Waals surface area contributed by atoms with E-state index in [2.05, 4.69) is 15.6 Å². The highest BCUT2D eigenvalue weighted by Gasteiger charge is 2.22. The number of sulfonamides is 1. The SMILES string of the molecule is CC(=O)Nc1ccc(S(=O)(=O)N(C)CC(=O)NCCc2ccc(-c3csc(C)n3)cc2)cc1. The molecule has 2 N–H and O–H groups in total. The maximum atomic E-state index is 12.7. The van der Waals surface area contributed by atoms with E-state index in [-0.39, 0.29) is 23.3 Å². The third-order valence-electron chi connectivity index (χ3n) is 4.85. The number of carbonyl (C=O) groups excluding carboxylic acids is 2. The molecule has 174 valence electrons. The van der Waals surface area contributed by atoms with Crippen LogP contribution in [-0.2, 0) is 26.0 Å². The average Bonchev–Trinajstić information content (AvgIpc) is 3.20. The molecule has 0 spiro atoms. The molecule has 3 rings (SSSR count). The number of benzene rings is 2. The van der Waals surface area contributed by atoms with Gasteiger partial charge in [-0.1, -0.05) is 24.3 Å². The van der Waals surface area contributed by atoms with Crippen LogP contribution in [0.2, 0.25) is 0 Å². The lowest BCUT2D eigenvalue weighted by Crippen LogP contribution is -2.39. The number of thiazole rings is 1. The molecule has 8 nitrogen and oxygen atoms in total. The number of rotatable bonds is 9. The van der Waals surface area contributed by atoms with Crippen molar-refractivity contribution in [1.82, 2.24) is 14.6 Å². The molecule has 10 heteroatoms. The highest BCUT2D eigenvalue weighted by atomic mass is 32.2. The van der Waals surface area contributed by atoms with Gasteiger partial charge in [-0.3, -0.25) is 9.59 Å². The lowest BCUT2D eigenvalue weighted by Gasteiger charge is -2.17. The Bertz CT molecular complexity index is 1220. The predicted molar refractivity (Wildman–Crippen MR) is 130 cm³/mol. The first-order valence-corrected chi connectivity index (χ1v) is 12.6. The van der Waals surface area contributed by atoms with Gasteiger partial charge >= 0.3 is 0 Å². The topological polar surface area (TPSA) is 108 Å². The largest absolute Gasteiger partial charge is 0.355 e. The first-order valence-electron chi connectivity index (χ1n) is 10.3. The maximum Gasteiger partial charge on any atom is 0.243 e. The Morgan fingerprint density at radius 3 is 2.30 bits per heavy atom. The minimum absolute atomic E-state index is 0.0438. The molecule has 2 amide bonds. The Labute approximate surface area is 197 Å². The lowest BCUT2D eigenvalue weighted by atomic mass is 10.1. The minimum Gasteiger partial charge on any atom is -0.355 e. The van der Waals surface area contributed by atoms with E-state index in [1.807, 2.05) is 36.6 Å². The van der Waals surface area contributed by atoms with E-state index in [4.69, 9.17) is 0 Å². The van der Waals surface area contributed by atoms with Gasteiger partial charge in [0, 0.05) is 37.1 Å². The second kappa shape index (κ2) is 10.7. The molecular weight excluding hydrogens is 460 g/mol. The number of nitrogens with one attached hydrogen (secondary N) is 2. The highest BCUT2D eigenvalue weighted by Crippen LogP contribution is 2.22. The summed E-state index contributed by atoms with van der Waals surface area (Å²) in [7, 11) is -2.47. The molecular formula is C23H26N4O4S2. The van der Waals surface area contributed by atoms with Crippen LogP contribution in [0.5, 0.6) is 0 Å². The number of nitrogens with zero attached hydrogens (tertiary/aromatic N) is 2. The monoisotopic (exact) mass is 486 g/mol. The summed E-state index contributed by atoms with van der Waals surface area (Å²) in [4.78, 5) is 27.9. The smallest absolute Gasteiger partial charge is 0.243 e. The Morgan fingerprint density at radius 2 is 1.73 bits per heavy atom. The van der Waals surface area contributed by atoms with Crippen molar-refractivity contribution < 1.29 is 18.0 Å². The number of hydrogen-bond acceptors (Lipinski definition) is 6. The predicted octanol–water partition coefficient (Wildman–Crippen LogP) is 3.06. The van der Waals surface area contributed by atoms with Crippen LogP contribution in [-0.4, -0.2) is 49.7 Å². The second-order valence-electron chi connectivity index (χ2n) is 7.52. The Kier molecular flexibility index (Phi) is 7.96. The zero-order valence-corrected chi connectivity index (χ0v) is 20.3. The quantitative estimate of drug-likeness (QED) is 0.483. The Balaban J connectivity index is 1.49. The number of aryl methyl sites for hydroxylation is 1. The first kappa shape index (κ1) is 24.6. The number of carbonyl (C=O) groups is 2. The zero-order valence-electron chi connectivity index (χ0n) is 18.7. The normalized spacial score (nSPS) is 11.4. The molecule has 0 saturated carbocycles. The summed E-state index contributed by atoms with van der Waals surface area (Å²) >= 11 is 1.61. The molecule has 0 aliphatic rings. The summed E-state index contributed by atoms with van der Waals surface area (Å²) in [5, 5.41) is 8.38. The van der Waals surface area contributed by atoms with E-state index in [1.54, 1.807) is 11.3 Å². The van der Waals surface area contributed by atoms with Gasteiger partial charge in [0.15, 0.2) is 0 Å². The molecule has 0 aliphatic heterocycles. The van der Waals surface area contributed by atoms with Crippen LogP contribution in [0, 0.1) is 6.92 Å². The van der Waals surface area contributed by atoms with Crippen molar-refractivity contribution in [3.8, 4) is 11.3 Å². The minimum atomic E-state index is -3.83. The van der Waals surface area contributed by atoms with Crippen LogP contribution in [0.25, 0.3) is 11.3 Å². The van der Waals surface area contributed by atoms with Crippen molar-refractivity contribution in [3.63, 3.8) is 0 Å². The molecule has 0 fully saturated rings. The molecule has 0 aliphatic carbocycles. The fourth-order valence-electron chi connectivity index (χ4n) is 3.12. The summed E-state index contributed by atoms with van der Waals surface area (Å²) in [6.07, 6.45) is 0.628. The average molecular weight is 487 g/mol. The van der Waals surface area contributed by atoms with Crippen molar-refractivity contribution in [2.24, 2.45) is 0 Å². The molecule has 0 unspecified atom stereocenters. The van der Waals surface area contributed by atoms with E-state index in [0.717, 1.165) is 26.1 Å². The Morgan fingerprint density at radius 1 is 1.06 bits per heavy atom. The van der Waals surface area contributed by atoms with Gasteiger partial charge in [0.2, 0.25) is 21.8 Å². The summed E-state index contributed by atoms with van der Waals surface area (Å²) in [6, 6.07) is 13.8. The van der Waals surface area contributed by atoms with E-state index in [0.29, 0.717) is 18.7 Å². The zero-order chi connectivity index (χ0) is 24.0. The van der Waals surface area contributed by atoms with Gasteiger partial charge in [0.25, 0.3) is 0 Å². The summed E-state index contributed by atoms with van der Waals surface area (Å²) in [6.45, 7) is 3.44. The van der Waals surface area contributed by atoms with Crippen molar-refractivity contribution in [2.75, 3.05) is 25.5 Å². The van der Waals surface area contributed by atoms with Gasteiger partial charge in [-0.05, 0) is 43.2 Å². The molecule has 1 aromatic heterocycles.